The highest BCUT2D eigenvalue weighted by Crippen LogP contribution is 2.22. The van der Waals surface area contributed by atoms with Crippen LogP contribution in [0.5, 0.6) is 5.75 Å². The number of nitro benzene ring substituents is 1. The van der Waals surface area contributed by atoms with Gasteiger partial charge in [0, 0.05) is 0 Å². The van der Waals surface area contributed by atoms with Crippen molar-refractivity contribution in [1.29, 1.82) is 0 Å². The van der Waals surface area contributed by atoms with Gasteiger partial charge in [0.25, 0.3) is 0 Å². The first-order chi connectivity index (χ1) is 6.15. The minimum atomic E-state index is -0.853. The Morgan fingerprint density at radius 1 is 1.62 bits per heavy atom. The molecule has 5 heteroatoms. The van der Waals surface area contributed by atoms with Gasteiger partial charge in [-0.25, -0.2) is 0 Å². The number of ether oxygens (including phenoxy) is 1. The van der Waals surface area contributed by atoms with Gasteiger partial charge in [-0.05, 0) is 19.1 Å². The van der Waals surface area contributed by atoms with Crippen LogP contribution >= 0.6 is 0 Å². The second-order valence-corrected chi connectivity index (χ2v) is 2.30. The topological polar surface area (TPSA) is 52.4 Å². The number of halogens is 1. The lowest BCUT2D eigenvalue weighted by Gasteiger charge is -2.01. The SMILES string of the molecule is CCOc1ccc(F)c([N+](=O)[O-])c1. The molecule has 4 nitrogen and oxygen atoms in total. The number of hydrogen-bond acceptors (Lipinski definition) is 3. The molecule has 13 heavy (non-hydrogen) atoms. The maximum absolute atomic E-state index is 12.8. The van der Waals surface area contributed by atoms with Crippen molar-refractivity contribution >= 4 is 5.69 Å². The molecule has 70 valence electrons. The van der Waals surface area contributed by atoms with Gasteiger partial charge in [0.2, 0.25) is 5.82 Å². The van der Waals surface area contributed by atoms with Gasteiger partial charge in [0.15, 0.2) is 0 Å². The molecule has 0 heterocycles. The Bertz CT molecular complexity index is 327. The minimum absolute atomic E-state index is 0.301. The van der Waals surface area contributed by atoms with Crippen molar-refractivity contribution in [2.24, 2.45) is 0 Å². The predicted octanol–water partition coefficient (Wildman–Crippen LogP) is 2.13. The Kier molecular flexibility index (Phi) is 2.79. The molecule has 0 aliphatic heterocycles. The van der Waals surface area contributed by atoms with Crippen molar-refractivity contribution in [1.82, 2.24) is 0 Å². The fourth-order valence-corrected chi connectivity index (χ4v) is 0.889. The first-order valence-corrected chi connectivity index (χ1v) is 3.72. The van der Waals surface area contributed by atoms with E-state index in [0.29, 0.717) is 12.4 Å². The number of benzene rings is 1. The summed E-state index contributed by atoms with van der Waals surface area (Å²) in [5.41, 5.74) is -0.564. The van der Waals surface area contributed by atoms with Crippen LogP contribution in [-0.4, -0.2) is 11.5 Å². The summed E-state index contributed by atoms with van der Waals surface area (Å²) in [5, 5.41) is 10.3. The first kappa shape index (κ1) is 9.44. The number of hydrogen-bond donors (Lipinski definition) is 0. The standard InChI is InChI=1S/C8H8FNO3/c1-2-13-6-3-4-7(9)8(5-6)10(11)12/h3-5H,2H2,1H3. The lowest BCUT2D eigenvalue weighted by atomic mass is 10.3. The molecular formula is C8H8FNO3. The van der Waals surface area contributed by atoms with Crippen molar-refractivity contribution in [2.45, 2.75) is 6.92 Å². The van der Waals surface area contributed by atoms with E-state index < -0.39 is 16.4 Å². The monoisotopic (exact) mass is 185 g/mol. The summed E-state index contributed by atoms with van der Waals surface area (Å²) < 4.78 is 17.7. The molecular weight excluding hydrogens is 177 g/mol. The van der Waals surface area contributed by atoms with E-state index in [9.17, 15) is 14.5 Å². The molecule has 0 atom stereocenters. The Hall–Kier alpha value is -1.65. The van der Waals surface area contributed by atoms with E-state index in [-0.39, 0.29) is 0 Å². The van der Waals surface area contributed by atoms with Crippen LogP contribution in [-0.2, 0) is 0 Å². The van der Waals surface area contributed by atoms with E-state index in [1.807, 2.05) is 0 Å². The van der Waals surface area contributed by atoms with E-state index >= 15 is 0 Å². The van der Waals surface area contributed by atoms with E-state index in [0.717, 1.165) is 12.1 Å². The van der Waals surface area contributed by atoms with Gasteiger partial charge >= 0.3 is 5.69 Å². The predicted molar refractivity (Wildman–Crippen MR) is 44.2 cm³/mol. The maximum Gasteiger partial charge on any atom is 0.308 e. The summed E-state index contributed by atoms with van der Waals surface area (Å²) in [6.45, 7) is 2.14. The largest absolute Gasteiger partial charge is 0.494 e. The van der Waals surface area contributed by atoms with Crippen LogP contribution in [0.3, 0.4) is 0 Å². The van der Waals surface area contributed by atoms with Crippen molar-refractivity contribution in [3.63, 3.8) is 0 Å². The molecule has 0 bridgehead atoms. The summed E-state index contributed by atoms with van der Waals surface area (Å²) in [6, 6.07) is 3.44. The van der Waals surface area contributed by atoms with E-state index in [1.54, 1.807) is 6.92 Å². The van der Waals surface area contributed by atoms with Gasteiger partial charge in [0.1, 0.15) is 5.75 Å². The minimum Gasteiger partial charge on any atom is -0.494 e. The van der Waals surface area contributed by atoms with Crippen LogP contribution in [0.25, 0.3) is 0 Å². The van der Waals surface area contributed by atoms with Gasteiger partial charge in [-0.3, -0.25) is 10.1 Å². The third-order valence-electron chi connectivity index (χ3n) is 1.43. The zero-order valence-electron chi connectivity index (χ0n) is 6.99. The maximum atomic E-state index is 12.8. The summed E-state index contributed by atoms with van der Waals surface area (Å²) in [6.07, 6.45) is 0. The molecule has 0 N–H and O–H groups in total. The van der Waals surface area contributed by atoms with Crippen LogP contribution in [0.2, 0.25) is 0 Å². The van der Waals surface area contributed by atoms with Crippen molar-refractivity contribution < 1.29 is 14.1 Å². The van der Waals surface area contributed by atoms with Crippen molar-refractivity contribution in [3.05, 3.63) is 34.1 Å². The molecule has 1 rings (SSSR count). The Morgan fingerprint density at radius 2 is 2.31 bits per heavy atom. The van der Waals surface area contributed by atoms with E-state index in [1.165, 1.54) is 6.07 Å². The molecule has 1 aromatic carbocycles. The third kappa shape index (κ3) is 2.14. The zero-order chi connectivity index (χ0) is 9.84. The third-order valence-corrected chi connectivity index (χ3v) is 1.43. The van der Waals surface area contributed by atoms with E-state index in [4.69, 9.17) is 4.74 Å². The van der Waals surface area contributed by atoms with Gasteiger partial charge in [-0.2, -0.15) is 4.39 Å². The molecule has 0 radical (unpaired) electrons. The van der Waals surface area contributed by atoms with Gasteiger partial charge in [-0.1, -0.05) is 0 Å². The Balaban J connectivity index is 3.04. The van der Waals surface area contributed by atoms with Gasteiger partial charge in [-0.15, -0.1) is 0 Å². The van der Waals surface area contributed by atoms with Crippen LogP contribution < -0.4 is 4.74 Å². The molecule has 0 fully saturated rings. The molecule has 0 spiro atoms. The molecule has 0 amide bonds. The highest BCUT2D eigenvalue weighted by atomic mass is 19.1. The van der Waals surface area contributed by atoms with Crippen LogP contribution in [0.15, 0.2) is 18.2 Å². The number of rotatable bonds is 3. The quantitative estimate of drug-likeness (QED) is 0.535. The molecule has 0 saturated carbocycles. The van der Waals surface area contributed by atoms with Crippen LogP contribution in [0, 0.1) is 15.9 Å². The fourth-order valence-electron chi connectivity index (χ4n) is 0.889. The number of nitro groups is 1. The molecule has 0 aromatic heterocycles. The van der Waals surface area contributed by atoms with Gasteiger partial charge < -0.3 is 4.74 Å². The van der Waals surface area contributed by atoms with Crippen molar-refractivity contribution in [2.75, 3.05) is 6.61 Å². The first-order valence-electron chi connectivity index (χ1n) is 3.72. The average molecular weight is 185 g/mol. The Labute approximate surface area is 74.1 Å². The molecule has 0 aliphatic rings. The summed E-state index contributed by atoms with van der Waals surface area (Å²) in [7, 11) is 0. The van der Waals surface area contributed by atoms with E-state index in [2.05, 4.69) is 0 Å². The highest BCUT2D eigenvalue weighted by molar-refractivity contribution is 5.39. The lowest BCUT2D eigenvalue weighted by molar-refractivity contribution is -0.387. The summed E-state index contributed by atoms with van der Waals surface area (Å²) >= 11 is 0. The summed E-state index contributed by atoms with van der Waals surface area (Å²) in [5.74, 6) is -0.552. The lowest BCUT2D eigenvalue weighted by Crippen LogP contribution is -1.95. The van der Waals surface area contributed by atoms with Crippen LogP contribution in [0.4, 0.5) is 10.1 Å². The second kappa shape index (κ2) is 3.84. The normalized spacial score (nSPS) is 9.69. The average Bonchev–Trinajstić information content (AvgIpc) is 2.08. The molecule has 0 saturated heterocycles. The summed E-state index contributed by atoms with van der Waals surface area (Å²) in [4.78, 5) is 9.51. The molecule has 1 aromatic rings. The van der Waals surface area contributed by atoms with Gasteiger partial charge in [0.05, 0.1) is 17.6 Å². The van der Waals surface area contributed by atoms with Crippen molar-refractivity contribution in [3.8, 4) is 5.75 Å². The molecule has 0 unspecified atom stereocenters. The highest BCUT2D eigenvalue weighted by Gasteiger charge is 2.14. The Morgan fingerprint density at radius 3 is 2.85 bits per heavy atom. The number of nitrogens with zero attached hydrogens (tertiary/aromatic N) is 1. The zero-order valence-corrected chi connectivity index (χ0v) is 6.99. The second-order valence-electron chi connectivity index (χ2n) is 2.30. The smallest absolute Gasteiger partial charge is 0.308 e. The fraction of sp³-hybridized carbons (Fsp3) is 0.250. The van der Waals surface area contributed by atoms with Crippen LogP contribution in [0.1, 0.15) is 6.92 Å². The molecule has 0 aliphatic carbocycles.